The third kappa shape index (κ3) is 4.97. The molecular weight excluding hydrogens is 362 g/mol. The Balaban J connectivity index is 1.33. The molecule has 5 heteroatoms. The molecule has 2 aliphatic rings. The molecule has 1 saturated carbocycles. The summed E-state index contributed by atoms with van der Waals surface area (Å²) in [6.07, 6.45) is 8.23. The highest BCUT2D eigenvalue weighted by atomic mass is 16.2. The molecule has 2 aromatic carbocycles. The van der Waals surface area contributed by atoms with E-state index in [2.05, 4.69) is 27.7 Å². The molecule has 5 nitrogen and oxygen atoms in total. The van der Waals surface area contributed by atoms with Crippen LogP contribution in [0.25, 0.3) is 0 Å². The van der Waals surface area contributed by atoms with Crippen molar-refractivity contribution in [3.05, 3.63) is 59.7 Å². The van der Waals surface area contributed by atoms with E-state index in [0.717, 1.165) is 31.6 Å². The summed E-state index contributed by atoms with van der Waals surface area (Å²) in [7, 11) is 0. The molecule has 4 rings (SSSR count). The zero-order valence-corrected chi connectivity index (χ0v) is 16.8. The quantitative estimate of drug-likeness (QED) is 0.783. The number of hydrogen-bond acceptors (Lipinski definition) is 3. The molecule has 1 aliphatic heterocycles. The number of rotatable bonds is 5. The second-order valence-corrected chi connectivity index (χ2v) is 8.08. The van der Waals surface area contributed by atoms with Crippen LogP contribution in [-0.2, 0) is 0 Å². The van der Waals surface area contributed by atoms with E-state index in [1.807, 2.05) is 12.1 Å². The number of nitrogens with zero attached hydrogens (tertiary/aromatic N) is 1. The number of nitrogens with one attached hydrogen (secondary N) is 2. The highest BCUT2D eigenvalue weighted by molar-refractivity contribution is 6.05. The van der Waals surface area contributed by atoms with E-state index in [-0.39, 0.29) is 17.9 Å². The van der Waals surface area contributed by atoms with E-state index in [1.165, 1.54) is 37.8 Å². The first kappa shape index (κ1) is 19.5. The standard InChI is InChI=1S/C24H29N3O2/c28-23(25-20-6-2-1-3-7-20)18-8-10-19(11-9-18)24(29)26-21-12-14-22(15-13-21)27-16-4-5-17-27/h8-15,20H,1-7,16-17H2,(H,25,28)(H,26,29). The molecule has 1 saturated heterocycles. The summed E-state index contributed by atoms with van der Waals surface area (Å²) in [6, 6.07) is 15.2. The second kappa shape index (κ2) is 9.12. The topological polar surface area (TPSA) is 61.4 Å². The van der Waals surface area contributed by atoms with Crippen molar-refractivity contribution in [3.63, 3.8) is 0 Å². The molecule has 0 radical (unpaired) electrons. The maximum Gasteiger partial charge on any atom is 0.255 e. The largest absolute Gasteiger partial charge is 0.372 e. The van der Waals surface area contributed by atoms with Gasteiger partial charge in [-0.05, 0) is 74.2 Å². The van der Waals surface area contributed by atoms with Crippen molar-refractivity contribution in [2.24, 2.45) is 0 Å². The first-order valence-corrected chi connectivity index (χ1v) is 10.8. The summed E-state index contributed by atoms with van der Waals surface area (Å²) in [6.45, 7) is 2.21. The lowest BCUT2D eigenvalue weighted by atomic mass is 9.95. The average Bonchev–Trinajstić information content (AvgIpc) is 3.30. The zero-order valence-electron chi connectivity index (χ0n) is 16.8. The van der Waals surface area contributed by atoms with Gasteiger partial charge in [-0.25, -0.2) is 0 Å². The molecule has 2 N–H and O–H groups in total. The number of hydrogen-bond donors (Lipinski definition) is 2. The van der Waals surface area contributed by atoms with Gasteiger partial charge < -0.3 is 15.5 Å². The van der Waals surface area contributed by atoms with E-state index >= 15 is 0 Å². The fourth-order valence-corrected chi connectivity index (χ4v) is 4.22. The summed E-state index contributed by atoms with van der Waals surface area (Å²) in [5.74, 6) is -0.223. The van der Waals surface area contributed by atoms with Crippen LogP contribution in [0.15, 0.2) is 48.5 Å². The van der Waals surface area contributed by atoms with Crippen molar-refractivity contribution in [2.75, 3.05) is 23.3 Å². The molecule has 0 atom stereocenters. The number of benzene rings is 2. The summed E-state index contributed by atoms with van der Waals surface area (Å²) in [5, 5.41) is 6.04. The Labute approximate surface area is 172 Å². The first-order chi connectivity index (χ1) is 14.2. The molecule has 1 aliphatic carbocycles. The molecule has 152 valence electrons. The van der Waals surface area contributed by atoms with E-state index in [4.69, 9.17) is 0 Å². The van der Waals surface area contributed by atoms with Gasteiger partial charge in [-0.3, -0.25) is 9.59 Å². The van der Waals surface area contributed by atoms with Crippen LogP contribution >= 0.6 is 0 Å². The highest BCUT2D eigenvalue weighted by Crippen LogP contribution is 2.22. The Morgan fingerprint density at radius 3 is 1.93 bits per heavy atom. The Bertz CT molecular complexity index is 833. The maximum absolute atomic E-state index is 12.5. The Morgan fingerprint density at radius 2 is 1.31 bits per heavy atom. The van der Waals surface area contributed by atoms with Crippen LogP contribution in [0.3, 0.4) is 0 Å². The molecule has 2 fully saturated rings. The van der Waals surface area contributed by atoms with E-state index < -0.39 is 0 Å². The van der Waals surface area contributed by atoms with Crippen molar-refractivity contribution in [2.45, 2.75) is 51.0 Å². The van der Waals surface area contributed by atoms with Crippen molar-refractivity contribution >= 4 is 23.2 Å². The van der Waals surface area contributed by atoms with Crippen LogP contribution in [0, 0.1) is 0 Å². The predicted molar refractivity (Wildman–Crippen MR) is 117 cm³/mol. The molecule has 1 heterocycles. The Morgan fingerprint density at radius 1 is 0.724 bits per heavy atom. The van der Waals surface area contributed by atoms with Crippen molar-refractivity contribution in [3.8, 4) is 0 Å². The minimum absolute atomic E-state index is 0.0543. The van der Waals surface area contributed by atoms with Gasteiger partial charge in [0.25, 0.3) is 11.8 Å². The SMILES string of the molecule is O=C(Nc1ccc(N2CCCC2)cc1)c1ccc(C(=O)NC2CCCCC2)cc1. The lowest BCUT2D eigenvalue weighted by molar-refractivity contribution is 0.0926. The zero-order chi connectivity index (χ0) is 20.1. The number of amides is 2. The van der Waals surface area contributed by atoms with Gasteiger partial charge in [0.15, 0.2) is 0 Å². The molecule has 2 amide bonds. The molecular formula is C24H29N3O2. The molecule has 2 aromatic rings. The van der Waals surface area contributed by atoms with E-state index in [1.54, 1.807) is 24.3 Å². The third-order valence-corrected chi connectivity index (χ3v) is 5.95. The normalized spacial score (nSPS) is 17.2. The van der Waals surface area contributed by atoms with Crippen LogP contribution in [0.2, 0.25) is 0 Å². The minimum Gasteiger partial charge on any atom is -0.372 e. The Kier molecular flexibility index (Phi) is 6.13. The minimum atomic E-state index is -0.168. The fraction of sp³-hybridized carbons (Fsp3) is 0.417. The second-order valence-electron chi connectivity index (χ2n) is 8.08. The molecule has 0 spiro atoms. The summed E-state index contributed by atoms with van der Waals surface area (Å²) >= 11 is 0. The molecule has 29 heavy (non-hydrogen) atoms. The van der Waals surface area contributed by atoms with Gasteiger partial charge in [0, 0.05) is 41.6 Å². The number of carbonyl (C=O) groups excluding carboxylic acids is 2. The van der Waals surface area contributed by atoms with Gasteiger partial charge in [0.05, 0.1) is 0 Å². The van der Waals surface area contributed by atoms with Gasteiger partial charge in [-0.1, -0.05) is 19.3 Å². The molecule has 0 bridgehead atoms. The average molecular weight is 392 g/mol. The van der Waals surface area contributed by atoms with Crippen LogP contribution in [0.5, 0.6) is 0 Å². The van der Waals surface area contributed by atoms with Gasteiger partial charge in [-0.2, -0.15) is 0 Å². The Hall–Kier alpha value is -2.82. The van der Waals surface area contributed by atoms with Gasteiger partial charge in [0.1, 0.15) is 0 Å². The number of carbonyl (C=O) groups is 2. The smallest absolute Gasteiger partial charge is 0.255 e. The molecule has 0 aromatic heterocycles. The number of anilines is 2. The van der Waals surface area contributed by atoms with Crippen molar-refractivity contribution in [1.29, 1.82) is 0 Å². The highest BCUT2D eigenvalue weighted by Gasteiger charge is 2.17. The lowest BCUT2D eigenvalue weighted by Crippen LogP contribution is -2.36. The fourth-order valence-electron chi connectivity index (χ4n) is 4.22. The van der Waals surface area contributed by atoms with E-state index in [0.29, 0.717) is 11.1 Å². The van der Waals surface area contributed by atoms with Crippen molar-refractivity contribution in [1.82, 2.24) is 5.32 Å². The lowest BCUT2D eigenvalue weighted by Gasteiger charge is -2.22. The molecule has 0 unspecified atom stereocenters. The maximum atomic E-state index is 12.5. The van der Waals surface area contributed by atoms with E-state index in [9.17, 15) is 9.59 Å². The van der Waals surface area contributed by atoms with Crippen LogP contribution < -0.4 is 15.5 Å². The first-order valence-electron chi connectivity index (χ1n) is 10.8. The van der Waals surface area contributed by atoms with Gasteiger partial charge in [-0.15, -0.1) is 0 Å². The van der Waals surface area contributed by atoms with Crippen molar-refractivity contribution < 1.29 is 9.59 Å². The van der Waals surface area contributed by atoms with Gasteiger partial charge in [0.2, 0.25) is 0 Å². The summed E-state index contributed by atoms with van der Waals surface area (Å²) < 4.78 is 0. The monoisotopic (exact) mass is 391 g/mol. The van der Waals surface area contributed by atoms with Crippen LogP contribution in [0.1, 0.15) is 65.7 Å². The predicted octanol–water partition coefficient (Wildman–Crippen LogP) is 4.60. The van der Waals surface area contributed by atoms with Crippen LogP contribution in [-0.4, -0.2) is 30.9 Å². The van der Waals surface area contributed by atoms with Gasteiger partial charge >= 0.3 is 0 Å². The summed E-state index contributed by atoms with van der Waals surface area (Å²) in [5.41, 5.74) is 3.12. The summed E-state index contributed by atoms with van der Waals surface area (Å²) in [4.78, 5) is 27.3. The van der Waals surface area contributed by atoms with Crippen LogP contribution in [0.4, 0.5) is 11.4 Å². The third-order valence-electron chi connectivity index (χ3n) is 5.95.